The highest BCUT2D eigenvalue weighted by Gasteiger charge is 2.12. The van der Waals surface area contributed by atoms with Crippen LogP contribution in [0.25, 0.3) is 22.3 Å². The second-order valence-corrected chi connectivity index (χ2v) is 5.85. The Bertz CT molecular complexity index is 1110. The number of rotatable bonds is 4. The van der Waals surface area contributed by atoms with Crippen molar-refractivity contribution in [1.29, 1.82) is 0 Å². The van der Waals surface area contributed by atoms with Crippen molar-refractivity contribution in [1.82, 2.24) is 15.0 Å². The van der Waals surface area contributed by atoms with Gasteiger partial charge in [0.1, 0.15) is 5.75 Å². The topological polar surface area (TPSA) is 77.0 Å². The summed E-state index contributed by atoms with van der Waals surface area (Å²) in [5.41, 5.74) is 4.28. The molecule has 2 aromatic heterocycles. The van der Waals surface area contributed by atoms with Gasteiger partial charge in [0.25, 0.3) is 5.91 Å². The van der Waals surface area contributed by atoms with E-state index in [4.69, 9.17) is 4.74 Å². The van der Waals surface area contributed by atoms with E-state index in [1.807, 2.05) is 36.4 Å². The van der Waals surface area contributed by atoms with Gasteiger partial charge in [0.15, 0.2) is 0 Å². The number of methoxy groups -OCH3 is 1. The van der Waals surface area contributed by atoms with Gasteiger partial charge in [-0.2, -0.15) is 0 Å². The average molecular weight is 356 g/mol. The molecule has 132 valence electrons. The SMILES string of the molecule is COc1ccc(-c2cnc3ccccc3n2)cc1NC(=O)c1ccncc1. The monoisotopic (exact) mass is 356 g/mol. The summed E-state index contributed by atoms with van der Waals surface area (Å²) >= 11 is 0. The molecule has 4 aromatic rings. The Kier molecular flexibility index (Phi) is 4.45. The quantitative estimate of drug-likeness (QED) is 0.599. The molecule has 0 spiro atoms. The van der Waals surface area contributed by atoms with Crippen molar-refractivity contribution in [3.8, 4) is 17.0 Å². The van der Waals surface area contributed by atoms with E-state index in [-0.39, 0.29) is 5.91 Å². The van der Waals surface area contributed by atoms with Crippen molar-refractivity contribution in [2.75, 3.05) is 12.4 Å². The number of hydrogen-bond acceptors (Lipinski definition) is 5. The molecule has 0 aliphatic carbocycles. The fourth-order valence-electron chi connectivity index (χ4n) is 2.76. The number of carbonyl (C=O) groups excluding carboxylic acids is 1. The van der Waals surface area contributed by atoms with Crippen molar-refractivity contribution in [3.63, 3.8) is 0 Å². The summed E-state index contributed by atoms with van der Waals surface area (Å²) in [7, 11) is 1.56. The highest BCUT2D eigenvalue weighted by atomic mass is 16.5. The number of para-hydroxylation sites is 2. The number of fused-ring (bicyclic) bond motifs is 1. The maximum absolute atomic E-state index is 12.5. The second kappa shape index (κ2) is 7.21. The summed E-state index contributed by atoms with van der Waals surface area (Å²) in [5.74, 6) is 0.326. The van der Waals surface area contributed by atoms with Crippen molar-refractivity contribution in [3.05, 3.63) is 78.8 Å². The molecular weight excluding hydrogens is 340 g/mol. The molecule has 0 aliphatic heterocycles. The van der Waals surface area contributed by atoms with E-state index in [9.17, 15) is 4.79 Å². The molecule has 6 nitrogen and oxygen atoms in total. The minimum absolute atomic E-state index is 0.238. The van der Waals surface area contributed by atoms with Gasteiger partial charge in [-0.05, 0) is 42.5 Å². The molecule has 1 amide bonds. The molecule has 4 rings (SSSR count). The van der Waals surface area contributed by atoms with E-state index in [0.29, 0.717) is 17.0 Å². The Morgan fingerprint density at radius 3 is 2.56 bits per heavy atom. The first-order valence-electron chi connectivity index (χ1n) is 8.36. The first kappa shape index (κ1) is 16.7. The minimum Gasteiger partial charge on any atom is -0.495 e. The summed E-state index contributed by atoms with van der Waals surface area (Å²) in [6.07, 6.45) is 4.87. The molecule has 0 aliphatic rings. The van der Waals surface area contributed by atoms with Crippen LogP contribution in [0.1, 0.15) is 10.4 Å². The van der Waals surface area contributed by atoms with Gasteiger partial charge in [-0.25, -0.2) is 4.98 Å². The number of anilines is 1. The average Bonchev–Trinajstić information content (AvgIpc) is 2.74. The molecule has 0 bridgehead atoms. The van der Waals surface area contributed by atoms with Crippen molar-refractivity contribution in [2.45, 2.75) is 0 Å². The molecule has 0 radical (unpaired) electrons. The van der Waals surface area contributed by atoms with Gasteiger partial charge in [0, 0.05) is 23.5 Å². The smallest absolute Gasteiger partial charge is 0.255 e. The lowest BCUT2D eigenvalue weighted by molar-refractivity contribution is 0.102. The third-order valence-electron chi connectivity index (χ3n) is 4.13. The first-order chi connectivity index (χ1) is 13.2. The fourth-order valence-corrected chi connectivity index (χ4v) is 2.76. The predicted molar refractivity (Wildman–Crippen MR) is 104 cm³/mol. The van der Waals surface area contributed by atoms with Crippen LogP contribution in [0.15, 0.2) is 73.2 Å². The van der Waals surface area contributed by atoms with Gasteiger partial charge in [-0.1, -0.05) is 12.1 Å². The number of nitrogens with zero attached hydrogens (tertiary/aromatic N) is 3. The summed E-state index contributed by atoms with van der Waals surface area (Å²) in [6.45, 7) is 0. The highest BCUT2D eigenvalue weighted by Crippen LogP contribution is 2.30. The number of pyridine rings is 1. The van der Waals surface area contributed by atoms with Crippen LogP contribution in [0.3, 0.4) is 0 Å². The molecule has 1 N–H and O–H groups in total. The normalized spacial score (nSPS) is 10.6. The Hall–Kier alpha value is -3.80. The molecule has 0 saturated carbocycles. The zero-order valence-electron chi connectivity index (χ0n) is 14.6. The van der Waals surface area contributed by atoms with Crippen LogP contribution < -0.4 is 10.1 Å². The van der Waals surface area contributed by atoms with Crippen LogP contribution in [-0.4, -0.2) is 28.0 Å². The van der Waals surface area contributed by atoms with Crippen LogP contribution in [0.5, 0.6) is 5.75 Å². The van der Waals surface area contributed by atoms with E-state index >= 15 is 0 Å². The molecule has 6 heteroatoms. The number of ether oxygens (including phenoxy) is 1. The van der Waals surface area contributed by atoms with Gasteiger partial charge in [0.05, 0.1) is 35.7 Å². The van der Waals surface area contributed by atoms with Gasteiger partial charge in [-0.3, -0.25) is 14.8 Å². The number of amides is 1. The van der Waals surface area contributed by atoms with E-state index in [2.05, 4.69) is 20.3 Å². The summed E-state index contributed by atoms with van der Waals surface area (Å²) in [5, 5.41) is 2.89. The Balaban J connectivity index is 1.70. The molecule has 2 heterocycles. The van der Waals surface area contributed by atoms with E-state index in [0.717, 1.165) is 22.3 Å². The third-order valence-corrected chi connectivity index (χ3v) is 4.13. The molecule has 27 heavy (non-hydrogen) atoms. The summed E-state index contributed by atoms with van der Waals surface area (Å²) in [6, 6.07) is 16.5. The van der Waals surface area contributed by atoms with Crippen molar-refractivity contribution in [2.24, 2.45) is 0 Å². The van der Waals surface area contributed by atoms with E-state index in [1.165, 1.54) is 0 Å². The van der Waals surface area contributed by atoms with Gasteiger partial charge in [-0.15, -0.1) is 0 Å². The fraction of sp³-hybridized carbons (Fsp3) is 0.0476. The van der Waals surface area contributed by atoms with Crippen LogP contribution in [0, 0.1) is 0 Å². The molecule has 2 aromatic carbocycles. The Morgan fingerprint density at radius 2 is 1.78 bits per heavy atom. The third kappa shape index (κ3) is 3.46. The lowest BCUT2D eigenvalue weighted by Crippen LogP contribution is -2.12. The molecule has 0 saturated heterocycles. The van der Waals surface area contributed by atoms with Gasteiger partial charge >= 0.3 is 0 Å². The zero-order chi connectivity index (χ0) is 18.6. The number of carbonyl (C=O) groups is 1. The standard InChI is InChI=1S/C21H16N4O2/c1-27-20-7-6-15(19-13-23-16-4-2-3-5-17(16)24-19)12-18(20)25-21(26)14-8-10-22-11-9-14/h2-13H,1H3,(H,25,26). The minimum atomic E-state index is -0.238. The molecule has 0 unspecified atom stereocenters. The second-order valence-electron chi connectivity index (χ2n) is 5.85. The lowest BCUT2D eigenvalue weighted by Gasteiger charge is -2.12. The maximum Gasteiger partial charge on any atom is 0.255 e. The number of nitrogens with one attached hydrogen (secondary N) is 1. The number of benzene rings is 2. The summed E-state index contributed by atoms with van der Waals surface area (Å²) < 4.78 is 5.38. The van der Waals surface area contributed by atoms with Gasteiger partial charge < -0.3 is 10.1 Å². The number of hydrogen-bond donors (Lipinski definition) is 1. The largest absolute Gasteiger partial charge is 0.495 e. The maximum atomic E-state index is 12.5. The van der Waals surface area contributed by atoms with E-state index < -0.39 is 0 Å². The van der Waals surface area contributed by atoms with Gasteiger partial charge in [0.2, 0.25) is 0 Å². The highest BCUT2D eigenvalue weighted by molar-refractivity contribution is 6.05. The number of aromatic nitrogens is 3. The lowest BCUT2D eigenvalue weighted by atomic mass is 10.1. The van der Waals surface area contributed by atoms with Crippen LogP contribution >= 0.6 is 0 Å². The van der Waals surface area contributed by atoms with Crippen molar-refractivity contribution >= 4 is 22.6 Å². The predicted octanol–water partition coefficient (Wildman–Crippen LogP) is 3.95. The Labute approximate surface area is 155 Å². The van der Waals surface area contributed by atoms with E-state index in [1.54, 1.807) is 43.9 Å². The zero-order valence-corrected chi connectivity index (χ0v) is 14.6. The molecule has 0 fully saturated rings. The van der Waals surface area contributed by atoms with Crippen molar-refractivity contribution < 1.29 is 9.53 Å². The first-order valence-corrected chi connectivity index (χ1v) is 8.36. The van der Waals surface area contributed by atoms with Crippen LogP contribution in [0.4, 0.5) is 5.69 Å². The van der Waals surface area contributed by atoms with Crippen LogP contribution in [-0.2, 0) is 0 Å². The van der Waals surface area contributed by atoms with Crippen LogP contribution in [0.2, 0.25) is 0 Å². The Morgan fingerprint density at radius 1 is 1.00 bits per heavy atom. The summed E-state index contributed by atoms with van der Waals surface area (Å²) in [4.78, 5) is 25.5. The molecular formula is C21H16N4O2. The molecule has 0 atom stereocenters.